The summed E-state index contributed by atoms with van der Waals surface area (Å²) >= 11 is 6.13. The normalized spacial score (nSPS) is 13.3. The van der Waals surface area contributed by atoms with Crippen molar-refractivity contribution in [2.24, 2.45) is 23.1 Å². The van der Waals surface area contributed by atoms with Crippen molar-refractivity contribution in [3.05, 3.63) is 0 Å². The highest BCUT2D eigenvalue weighted by Crippen LogP contribution is 2.18. The fraction of sp³-hybridized carbons (Fsp3) is 0.750. The first-order chi connectivity index (χ1) is 42.8. The van der Waals surface area contributed by atoms with E-state index in [4.69, 9.17) is 17.2 Å². The lowest BCUT2D eigenvalue weighted by atomic mass is 9.91. The van der Waals surface area contributed by atoms with Gasteiger partial charge in [0.15, 0.2) is 5.78 Å². The second kappa shape index (κ2) is 51.3. The first-order valence-electron chi connectivity index (χ1n) is 31.6. The van der Waals surface area contributed by atoms with E-state index < -0.39 is 95.3 Å². The molecule has 0 saturated heterocycles. The Balaban J connectivity index is 5.52. The molecule has 0 heterocycles. The number of hydrogen-bond acceptors (Lipinski definition) is 18. The first kappa shape index (κ1) is 83.7. The van der Waals surface area contributed by atoms with E-state index in [1.54, 1.807) is 27.7 Å². The number of unbranched alkanes of at least 4 members (excludes halogenated alkanes) is 7. The Morgan fingerprint density at radius 1 is 0.378 bits per heavy atom. The number of hydrogen-bond donors (Lipinski definition) is 13. The van der Waals surface area contributed by atoms with Gasteiger partial charge in [-0.3, -0.25) is 71.9 Å². The Hall–Kier alpha value is -6.30. The quantitative estimate of drug-likeness (QED) is 0.0301. The summed E-state index contributed by atoms with van der Waals surface area (Å²) in [7, 11) is 0. The number of nitrogens with one attached hydrogen (secondary N) is 9. The lowest BCUT2D eigenvalue weighted by Gasteiger charge is -2.24. The Morgan fingerprint density at radius 3 is 1.24 bits per heavy atom. The van der Waals surface area contributed by atoms with E-state index in [0.717, 1.165) is 23.5 Å². The van der Waals surface area contributed by atoms with Gasteiger partial charge in [0.25, 0.3) is 0 Å². The molecule has 27 nitrogen and oxygen atoms in total. The van der Waals surface area contributed by atoms with Crippen LogP contribution in [0.3, 0.4) is 0 Å². The molecule has 0 fully saturated rings. The molecular weight excluding hydrogens is 1220 g/mol. The number of carbonyl (C=O) groups excluding carboxylic acids is 15. The summed E-state index contributed by atoms with van der Waals surface area (Å²) in [6, 6.07) is -6.52. The van der Waals surface area contributed by atoms with Crippen LogP contribution in [0.15, 0.2) is 0 Å². The molecule has 90 heavy (non-hydrogen) atoms. The van der Waals surface area contributed by atoms with Crippen LogP contribution < -0.4 is 65.1 Å². The third-order valence-corrected chi connectivity index (χ3v) is 16.6. The topological polar surface area (TPSA) is 442 Å². The second-order valence-corrected chi connectivity index (χ2v) is 24.5. The van der Waals surface area contributed by atoms with Crippen LogP contribution in [0.25, 0.3) is 0 Å². The summed E-state index contributed by atoms with van der Waals surface area (Å²) in [5, 5.41) is 24.1. The van der Waals surface area contributed by atoms with Crippen molar-refractivity contribution in [2.45, 2.75) is 231 Å². The van der Waals surface area contributed by atoms with Gasteiger partial charge >= 0.3 is 0 Å². The largest absolute Gasteiger partial charge is 0.369 e. The van der Waals surface area contributed by atoms with Crippen molar-refractivity contribution in [3.63, 3.8) is 0 Å². The summed E-state index contributed by atoms with van der Waals surface area (Å²) in [5.41, 5.74) is 17.0. The van der Waals surface area contributed by atoms with Crippen LogP contribution in [0.4, 0.5) is 0 Å². The van der Waals surface area contributed by atoms with Crippen LogP contribution in [0.2, 0.25) is 0 Å². The van der Waals surface area contributed by atoms with Gasteiger partial charge in [-0.05, 0) is 82.8 Å². The lowest BCUT2D eigenvalue weighted by molar-refractivity contribution is -0.132. The van der Waals surface area contributed by atoms with E-state index in [2.05, 4.69) is 60.5 Å². The van der Waals surface area contributed by atoms with Crippen LogP contribution in [0.1, 0.15) is 195 Å². The number of thiol groups is 1. The minimum absolute atomic E-state index is 0.0270. The average molecular weight is 1330 g/mol. The Labute approximate surface area is 544 Å². The second-order valence-electron chi connectivity index (χ2n) is 22.0. The molecule has 0 bridgehead atoms. The maximum absolute atomic E-state index is 13.9. The van der Waals surface area contributed by atoms with Crippen molar-refractivity contribution < 1.29 is 71.9 Å². The molecule has 0 aromatic heterocycles. The van der Waals surface area contributed by atoms with Gasteiger partial charge in [-0.2, -0.15) is 12.6 Å². The predicted molar refractivity (Wildman–Crippen MR) is 349 cm³/mol. The van der Waals surface area contributed by atoms with E-state index in [1.165, 1.54) is 6.92 Å². The zero-order chi connectivity index (χ0) is 67.8. The fourth-order valence-electron chi connectivity index (χ4n) is 8.93. The monoisotopic (exact) mass is 1330 g/mol. The molecule has 0 aliphatic rings. The zero-order valence-corrected chi connectivity index (χ0v) is 56.0. The van der Waals surface area contributed by atoms with Crippen molar-refractivity contribution >= 4 is 124 Å². The van der Waals surface area contributed by atoms with Crippen molar-refractivity contribution in [2.75, 3.05) is 48.4 Å². The number of carbonyl (C=O) groups is 15. The number of rotatable bonds is 56. The molecule has 0 aromatic rings. The highest BCUT2D eigenvalue weighted by Gasteiger charge is 2.31. The average Bonchev–Trinajstić information content (AvgIpc) is 3.16. The van der Waals surface area contributed by atoms with Crippen molar-refractivity contribution in [3.8, 4) is 0 Å². The molecule has 30 heteroatoms. The lowest BCUT2D eigenvalue weighted by Crippen LogP contribution is -2.57. The molecule has 15 N–H and O–H groups in total. The zero-order valence-electron chi connectivity index (χ0n) is 53.5. The molecule has 7 atom stereocenters. The molecule has 12 amide bonds. The number of ketones is 3. The molecule has 0 aromatic carbocycles. The van der Waals surface area contributed by atoms with Crippen LogP contribution in [-0.4, -0.2) is 173 Å². The summed E-state index contributed by atoms with van der Waals surface area (Å²) in [6.07, 6.45) is 9.17. The molecule has 0 rings (SSSR count). The van der Waals surface area contributed by atoms with Gasteiger partial charge in [0.1, 0.15) is 41.8 Å². The van der Waals surface area contributed by atoms with Gasteiger partial charge in [-0.25, -0.2) is 0 Å². The summed E-state index contributed by atoms with van der Waals surface area (Å²) in [5.74, 6) is -7.63. The van der Waals surface area contributed by atoms with Gasteiger partial charge in [-0.1, -0.05) is 59.8 Å². The number of thioether (sulfide) groups is 2. The van der Waals surface area contributed by atoms with E-state index in [9.17, 15) is 71.9 Å². The highest BCUT2D eigenvalue weighted by molar-refractivity contribution is 8.00. The number of amides is 12. The number of nitrogens with two attached hydrogens (primary N) is 3. The molecular formula is C60H104N12O15S3. The molecule has 0 saturated carbocycles. The molecule has 512 valence electrons. The fourth-order valence-corrected chi connectivity index (χ4v) is 10.9. The molecule has 0 spiro atoms. The number of Topliss-reactive ketones (excluding diaryl/α,β-unsaturated/α-hetero) is 3. The van der Waals surface area contributed by atoms with Crippen LogP contribution in [-0.2, 0) is 71.9 Å². The maximum Gasteiger partial charge on any atom is 0.244 e. The predicted octanol–water partition coefficient (Wildman–Crippen LogP) is 1.27. The standard InChI is InChI=1S/C60H104N12O15S3/c1-6-41(74)23-12-10-14-25-43(68-51(78)8-3)49(76)34-40(55(61)82)22-16-19-31-65-54(81)38-90-36-48(67-39(5)73)60(87)71-46(27-15-11-13-24-42(75)29-33-88)59(86)72-47(57(63)84)35-89-37-53(80)66-32-20-17-26-44(56(62)83)70-58(85)45(69-52(79)9-4)28-18-21-30-64-50(77)7-2/h40,43-48,88H,6-38H2,1-5H3,(H2,61,82)(H2,62,83)(H2,63,84)(H,64,77)(H,65,81)(H,66,80)(H,67,73)(H,68,78)(H,69,79)(H,70,85)(H,71,87)(H,72,86). The first-order valence-corrected chi connectivity index (χ1v) is 34.5. The SMILES string of the molecule is CCC(=O)CCCCCC(NC(=O)CC)C(=O)CC(CCCCNC(=O)CSCC(NC(C)=O)C(=O)NC(CCCCCC(=O)CCS)C(=O)NC(CSCC(=O)NCCCCC(NC(=O)C(CCCCNC(=O)CC)NC(=O)CC)C(N)=O)C(N)=O)C(N)=O. The third-order valence-electron chi connectivity index (χ3n) is 14.3. The summed E-state index contributed by atoms with van der Waals surface area (Å²) in [4.78, 5) is 189. The Morgan fingerprint density at radius 2 is 0.778 bits per heavy atom. The Kier molecular flexibility index (Phi) is 47.7. The van der Waals surface area contributed by atoms with Crippen molar-refractivity contribution in [1.29, 1.82) is 0 Å². The van der Waals surface area contributed by atoms with Gasteiger partial charge in [0, 0.05) is 95.3 Å². The van der Waals surface area contributed by atoms with Crippen LogP contribution in [0.5, 0.6) is 0 Å². The summed E-state index contributed by atoms with van der Waals surface area (Å²) < 4.78 is 0. The highest BCUT2D eigenvalue weighted by atomic mass is 32.2. The summed E-state index contributed by atoms with van der Waals surface area (Å²) in [6.45, 7) is 8.83. The molecule has 7 unspecified atom stereocenters. The van der Waals surface area contributed by atoms with E-state index in [-0.39, 0.29) is 116 Å². The molecule has 0 aliphatic heterocycles. The third kappa shape index (κ3) is 41.9. The number of primary amides is 3. The van der Waals surface area contributed by atoms with E-state index in [1.807, 2.05) is 0 Å². The molecule has 0 aliphatic carbocycles. The minimum Gasteiger partial charge on any atom is -0.369 e. The smallest absolute Gasteiger partial charge is 0.244 e. The van der Waals surface area contributed by atoms with E-state index in [0.29, 0.717) is 128 Å². The van der Waals surface area contributed by atoms with Gasteiger partial charge in [0.05, 0.1) is 17.5 Å². The van der Waals surface area contributed by atoms with Crippen molar-refractivity contribution in [1.82, 2.24) is 47.9 Å². The van der Waals surface area contributed by atoms with Gasteiger partial charge in [0.2, 0.25) is 70.9 Å². The van der Waals surface area contributed by atoms with Gasteiger partial charge < -0.3 is 65.1 Å². The minimum atomic E-state index is -1.29. The van der Waals surface area contributed by atoms with E-state index >= 15 is 0 Å². The van der Waals surface area contributed by atoms with Gasteiger partial charge in [-0.15, -0.1) is 23.5 Å². The maximum atomic E-state index is 13.9. The van der Waals surface area contributed by atoms with Crippen LogP contribution >= 0.6 is 36.2 Å². The molecule has 0 radical (unpaired) electrons. The van der Waals surface area contributed by atoms with Crippen LogP contribution in [0, 0.1) is 5.92 Å². The Bertz CT molecular complexity index is 2320.